The van der Waals surface area contributed by atoms with Crippen molar-refractivity contribution in [1.29, 1.82) is 0 Å². The summed E-state index contributed by atoms with van der Waals surface area (Å²) in [5.74, 6) is -2.07. The summed E-state index contributed by atoms with van der Waals surface area (Å²) >= 11 is 0. The van der Waals surface area contributed by atoms with Crippen LogP contribution in [0.2, 0.25) is 0 Å². The van der Waals surface area contributed by atoms with Gasteiger partial charge < -0.3 is 10.1 Å². The van der Waals surface area contributed by atoms with Crippen molar-refractivity contribution in [3.05, 3.63) is 71.3 Å². The Kier molecular flexibility index (Phi) is 7.21. The summed E-state index contributed by atoms with van der Waals surface area (Å²) < 4.78 is 4.98. The van der Waals surface area contributed by atoms with Crippen LogP contribution in [0.4, 0.5) is 0 Å². The Bertz CT molecular complexity index is 856. The molecule has 0 heterocycles. The van der Waals surface area contributed by atoms with Crippen molar-refractivity contribution in [2.75, 3.05) is 6.61 Å². The zero-order valence-electron chi connectivity index (χ0n) is 16.1. The van der Waals surface area contributed by atoms with E-state index in [4.69, 9.17) is 4.74 Å². The number of nitrogens with one attached hydrogen (secondary N) is 1. The summed E-state index contributed by atoms with van der Waals surface area (Å²) in [5.41, 5.74) is 0.667. The summed E-state index contributed by atoms with van der Waals surface area (Å²) in [6.07, 6.45) is 0. The lowest BCUT2D eigenvalue weighted by molar-refractivity contribution is -0.125. The molecule has 0 radical (unpaired) electrons. The Morgan fingerprint density at radius 1 is 0.786 bits per heavy atom. The van der Waals surface area contributed by atoms with Crippen molar-refractivity contribution in [2.45, 2.75) is 26.8 Å². The molecule has 0 saturated heterocycles. The molecule has 1 N–H and O–H groups in total. The number of amides is 1. The Labute approximate surface area is 163 Å². The largest absolute Gasteiger partial charge is 0.452 e. The Balaban J connectivity index is 1.94. The van der Waals surface area contributed by atoms with E-state index in [2.05, 4.69) is 5.32 Å². The van der Waals surface area contributed by atoms with Crippen LogP contribution in [-0.4, -0.2) is 36.1 Å². The molecule has 0 aromatic heterocycles. The first-order chi connectivity index (χ1) is 13.3. The molecular formula is C22H23NO5. The third kappa shape index (κ3) is 5.61. The molecule has 0 aliphatic rings. The van der Waals surface area contributed by atoms with Crippen LogP contribution in [0, 0.1) is 5.92 Å². The second-order valence-corrected chi connectivity index (χ2v) is 6.78. The number of rotatable bonds is 8. The van der Waals surface area contributed by atoms with Crippen LogP contribution in [0.15, 0.2) is 54.6 Å². The standard InChI is InChI=1S/C22H23NO5/c1-14(2)15(3)23-19(24)13-28-22(27)18-11-9-17(10-12-18)21(26)20(25)16-7-5-4-6-8-16/h4-12,14-15H,13H2,1-3H3,(H,23,24)/t15-/m1/s1. The molecule has 1 amide bonds. The topological polar surface area (TPSA) is 89.5 Å². The molecule has 146 valence electrons. The van der Waals surface area contributed by atoms with Crippen LogP contribution >= 0.6 is 0 Å². The molecule has 2 aromatic rings. The number of esters is 1. The van der Waals surface area contributed by atoms with E-state index in [1.165, 1.54) is 24.3 Å². The number of benzene rings is 2. The fourth-order valence-electron chi connectivity index (χ4n) is 2.29. The van der Waals surface area contributed by atoms with E-state index in [1.54, 1.807) is 30.3 Å². The summed E-state index contributed by atoms with van der Waals surface area (Å²) in [5, 5.41) is 2.74. The van der Waals surface area contributed by atoms with Gasteiger partial charge >= 0.3 is 5.97 Å². The van der Waals surface area contributed by atoms with Crippen molar-refractivity contribution in [1.82, 2.24) is 5.32 Å². The average molecular weight is 381 g/mol. The number of Topliss-reactive ketones (excluding diaryl/α,β-unsaturated/α-hetero) is 2. The molecule has 1 atom stereocenters. The highest BCUT2D eigenvalue weighted by atomic mass is 16.5. The molecule has 0 spiro atoms. The normalized spacial score (nSPS) is 11.6. The molecule has 0 fully saturated rings. The van der Waals surface area contributed by atoms with Crippen LogP contribution in [0.3, 0.4) is 0 Å². The monoisotopic (exact) mass is 381 g/mol. The second-order valence-electron chi connectivity index (χ2n) is 6.78. The van der Waals surface area contributed by atoms with Gasteiger partial charge in [-0.2, -0.15) is 0 Å². The summed E-state index contributed by atoms with van der Waals surface area (Å²) in [4.78, 5) is 48.3. The maximum Gasteiger partial charge on any atom is 0.338 e. The number of hydrogen-bond acceptors (Lipinski definition) is 5. The lowest BCUT2D eigenvalue weighted by Crippen LogP contribution is -2.38. The quantitative estimate of drug-likeness (QED) is 0.431. The summed E-state index contributed by atoms with van der Waals surface area (Å²) in [6, 6.07) is 13.8. The summed E-state index contributed by atoms with van der Waals surface area (Å²) in [6.45, 7) is 5.44. The average Bonchev–Trinajstić information content (AvgIpc) is 2.71. The van der Waals surface area contributed by atoms with Crippen molar-refractivity contribution < 1.29 is 23.9 Å². The van der Waals surface area contributed by atoms with Gasteiger partial charge in [-0.15, -0.1) is 0 Å². The van der Waals surface area contributed by atoms with Crippen LogP contribution < -0.4 is 5.32 Å². The number of carbonyl (C=O) groups excluding carboxylic acids is 4. The number of ketones is 2. The third-order valence-electron chi connectivity index (χ3n) is 4.35. The minimum absolute atomic E-state index is 0.0290. The van der Waals surface area contributed by atoms with E-state index in [1.807, 2.05) is 20.8 Å². The molecule has 6 heteroatoms. The maximum absolute atomic E-state index is 12.3. The molecule has 28 heavy (non-hydrogen) atoms. The first-order valence-corrected chi connectivity index (χ1v) is 9.00. The lowest BCUT2D eigenvalue weighted by atomic mass is 10.0. The first-order valence-electron chi connectivity index (χ1n) is 9.00. The number of carbonyl (C=O) groups is 4. The van der Waals surface area contributed by atoms with Crippen LogP contribution in [-0.2, 0) is 9.53 Å². The van der Waals surface area contributed by atoms with Crippen molar-refractivity contribution in [3.8, 4) is 0 Å². The second kappa shape index (κ2) is 9.60. The van der Waals surface area contributed by atoms with Gasteiger partial charge in [-0.3, -0.25) is 14.4 Å². The van der Waals surface area contributed by atoms with Gasteiger partial charge in [0, 0.05) is 17.2 Å². The molecule has 2 aromatic carbocycles. The van der Waals surface area contributed by atoms with E-state index in [0.29, 0.717) is 5.56 Å². The van der Waals surface area contributed by atoms with Crippen LogP contribution in [0.25, 0.3) is 0 Å². The van der Waals surface area contributed by atoms with Gasteiger partial charge in [-0.25, -0.2) is 4.79 Å². The highest BCUT2D eigenvalue weighted by molar-refractivity contribution is 6.49. The van der Waals surface area contributed by atoms with E-state index < -0.39 is 17.5 Å². The minimum Gasteiger partial charge on any atom is -0.452 e. The van der Waals surface area contributed by atoms with E-state index in [0.717, 1.165) is 0 Å². The lowest BCUT2D eigenvalue weighted by Gasteiger charge is -2.17. The highest BCUT2D eigenvalue weighted by Gasteiger charge is 2.19. The SMILES string of the molecule is CC(C)[C@@H](C)NC(=O)COC(=O)c1ccc(C(=O)C(=O)c2ccccc2)cc1. The number of hydrogen-bond donors (Lipinski definition) is 1. The van der Waals surface area contributed by atoms with Gasteiger partial charge in [-0.1, -0.05) is 56.3 Å². The Hall–Kier alpha value is -3.28. The fraction of sp³-hybridized carbons (Fsp3) is 0.273. The molecular weight excluding hydrogens is 358 g/mol. The van der Waals surface area contributed by atoms with Crippen molar-refractivity contribution in [3.63, 3.8) is 0 Å². The van der Waals surface area contributed by atoms with Gasteiger partial charge in [0.15, 0.2) is 6.61 Å². The predicted molar refractivity (Wildman–Crippen MR) is 104 cm³/mol. The third-order valence-corrected chi connectivity index (χ3v) is 4.35. The molecule has 2 rings (SSSR count). The molecule has 0 unspecified atom stereocenters. The van der Waals surface area contributed by atoms with Gasteiger partial charge in [-0.05, 0) is 25.0 Å². The smallest absolute Gasteiger partial charge is 0.338 e. The van der Waals surface area contributed by atoms with Gasteiger partial charge in [0.05, 0.1) is 5.56 Å². The van der Waals surface area contributed by atoms with Crippen molar-refractivity contribution in [2.24, 2.45) is 5.92 Å². The molecule has 6 nitrogen and oxygen atoms in total. The van der Waals surface area contributed by atoms with E-state index >= 15 is 0 Å². The zero-order valence-corrected chi connectivity index (χ0v) is 16.1. The summed E-state index contributed by atoms with van der Waals surface area (Å²) in [7, 11) is 0. The van der Waals surface area contributed by atoms with E-state index in [-0.39, 0.29) is 35.6 Å². The highest BCUT2D eigenvalue weighted by Crippen LogP contribution is 2.11. The molecule has 0 saturated carbocycles. The van der Waals surface area contributed by atoms with Gasteiger partial charge in [0.25, 0.3) is 5.91 Å². The Morgan fingerprint density at radius 3 is 1.82 bits per heavy atom. The Morgan fingerprint density at radius 2 is 1.29 bits per heavy atom. The number of ether oxygens (including phenoxy) is 1. The maximum atomic E-state index is 12.3. The first kappa shape index (κ1) is 21.0. The minimum atomic E-state index is -0.680. The fourth-order valence-corrected chi connectivity index (χ4v) is 2.29. The zero-order chi connectivity index (χ0) is 20.7. The van der Waals surface area contributed by atoms with Crippen LogP contribution in [0.5, 0.6) is 0 Å². The van der Waals surface area contributed by atoms with E-state index in [9.17, 15) is 19.2 Å². The van der Waals surface area contributed by atoms with Gasteiger partial charge in [0.2, 0.25) is 11.6 Å². The predicted octanol–water partition coefficient (Wildman–Crippen LogP) is 3.07. The molecule has 0 aliphatic carbocycles. The molecule has 0 bridgehead atoms. The molecule has 0 aliphatic heterocycles. The van der Waals surface area contributed by atoms with Crippen molar-refractivity contribution >= 4 is 23.4 Å². The van der Waals surface area contributed by atoms with Crippen LogP contribution in [0.1, 0.15) is 51.8 Å². The van der Waals surface area contributed by atoms with Gasteiger partial charge in [0.1, 0.15) is 0 Å².